The number of halogens is 1. The van der Waals surface area contributed by atoms with Gasteiger partial charge in [0.2, 0.25) is 0 Å². The lowest BCUT2D eigenvalue weighted by molar-refractivity contribution is 0.0533. The second-order valence-corrected chi connectivity index (χ2v) is 6.53. The fraction of sp³-hybridized carbons (Fsp3) is 0.222. The molecule has 0 bridgehead atoms. The highest BCUT2D eigenvalue weighted by Gasteiger charge is 2.26. The molecule has 2 amide bonds. The van der Waals surface area contributed by atoms with E-state index in [0.717, 1.165) is 4.47 Å². The van der Waals surface area contributed by atoms with Gasteiger partial charge in [0, 0.05) is 36.2 Å². The average Bonchev–Trinajstić information content (AvgIpc) is 2.63. The molecule has 1 heterocycles. The van der Waals surface area contributed by atoms with Crippen LogP contribution in [0.1, 0.15) is 20.7 Å². The predicted molar refractivity (Wildman–Crippen MR) is 94.1 cm³/mol. The summed E-state index contributed by atoms with van der Waals surface area (Å²) < 4.78 is 0.738. The van der Waals surface area contributed by atoms with Crippen LogP contribution in [0.25, 0.3) is 0 Å². The van der Waals surface area contributed by atoms with Gasteiger partial charge in [-0.15, -0.1) is 0 Å². The van der Waals surface area contributed by atoms with E-state index in [1.165, 1.54) is 6.07 Å². The van der Waals surface area contributed by atoms with Gasteiger partial charge in [0.1, 0.15) is 5.75 Å². The van der Waals surface area contributed by atoms with Gasteiger partial charge in [-0.25, -0.2) is 0 Å². The molecule has 0 aromatic heterocycles. The number of phenols is 1. The summed E-state index contributed by atoms with van der Waals surface area (Å²) in [5.74, 6) is -0.278. The fourth-order valence-electron chi connectivity index (χ4n) is 2.73. The molecule has 0 aliphatic carbocycles. The summed E-state index contributed by atoms with van der Waals surface area (Å²) in [6, 6.07) is 13.9. The molecule has 124 valence electrons. The number of piperazine rings is 1. The van der Waals surface area contributed by atoms with Crippen LogP contribution in [-0.4, -0.2) is 52.9 Å². The minimum Gasteiger partial charge on any atom is -0.507 e. The molecule has 1 N–H and O–H groups in total. The van der Waals surface area contributed by atoms with E-state index in [9.17, 15) is 14.7 Å². The molecule has 5 nitrogen and oxygen atoms in total. The molecule has 24 heavy (non-hydrogen) atoms. The number of benzene rings is 2. The molecule has 3 rings (SSSR count). The smallest absolute Gasteiger partial charge is 0.257 e. The molecular formula is C18H17BrN2O3. The Balaban J connectivity index is 1.66. The van der Waals surface area contributed by atoms with Gasteiger partial charge in [0.15, 0.2) is 0 Å². The normalized spacial score (nSPS) is 14.5. The zero-order chi connectivity index (χ0) is 17.1. The molecule has 1 saturated heterocycles. The van der Waals surface area contributed by atoms with Crippen molar-refractivity contribution in [2.75, 3.05) is 26.2 Å². The molecule has 0 spiro atoms. The zero-order valence-corrected chi connectivity index (χ0v) is 14.6. The van der Waals surface area contributed by atoms with E-state index in [-0.39, 0.29) is 23.1 Å². The number of rotatable bonds is 2. The van der Waals surface area contributed by atoms with Crippen molar-refractivity contribution in [3.8, 4) is 5.75 Å². The highest BCUT2D eigenvalue weighted by Crippen LogP contribution is 2.24. The van der Waals surface area contributed by atoms with E-state index in [1.54, 1.807) is 34.1 Å². The lowest BCUT2D eigenvalue weighted by atomic mass is 10.1. The van der Waals surface area contributed by atoms with E-state index in [4.69, 9.17) is 0 Å². The summed E-state index contributed by atoms with van der Waals surface area (Å²) in [6.07, 6.45) is 0. The van der Waals surface area contributed by atoms with E-state index in [2.05, 4.69) is 15.9 Å². The number of phenolic OH excluding ortho intramolecular Hbond substituents is 1. The Bertz CT molecular complexity index is 756. The standard InChI is InChI=1S/C18H17BrN2O3/c19-14-6-7-16(22)15(12-14)18(24)21-10-8-20(9-11-21)17(23)13-4-2-1-3-5-13/h1-7,12,22H,8-11H2. The van der Waals surface area contributed by atoms with Crippen molar-refractivity contribution in [3.05, 3.63) is 64.1 Å². The van der Waals surface area contributed by atoms with E-state index in [1.807, 2.05) is 18.2 Å². The van der Waals surface area contributed by atoms with Gasteiger partial charge in [-0.05, 0) is 30.3 Å². The second-order valence-electron chi connectivity index (χ2n) is 5.61. The quantitative estimate of drug-likeness (QED) is 0.860. The summed E-state index contributed by atoms with van der Waals surface area (Å²) >= 11 is 3.31. The van der Waals surface area contributed by atoms with Gasteiger partial charge in [-0.2, -0.15) is 0 Å². The van der Waals surface area contributed by atoms with Crippen molar-refractivity contribution < 1.29 is 14.7 Å². The van der Waals surface area contributed by atoms with Crippen LogP contribution in [0.15, 0.2) is 53.0 Å². The van der Waals surface area contributed by atoms with Gasteiger partial charge in [0.05, 0.1) is 5.56 Å². The molecule has 1 fully saturated rings. The zero-order valence-electron chi connectivity index (χ0n) is 13.0. The van der Waals surface area contributed by atoms with Crippen LogP contribution in [-0.2, 0) is 0 Å². The molecule has 1 aliphatic heterocycles. The Labute approximate surface area is 148 Å². The molecule has 0 unspecified atom stereocenters. The molecular weight excluding hydrogens is 372 g/mol. The lowest BCUT2D eigenvalue weighted by Gasteiger charge is -2.35. The maximum Gasteiger partial charge on any atom is 0.257 e. The maximum atomic E-state index is 12.6. The summed E-state index contributed by atoms with van der Waals surface area (Å²) in [6.45, 7) is 1.86. The second kappa shape index (κ2) is 7.05. The van der Waals surface area contributed by atoms with Crippen LogP contribution >= 0.6 is 15.9 Å². The van der Waals surface area contributed by atoms with Crippen molar-refractivity contribution in [1.82, 2.24) is 9.80 Å². The Morgan fingerprint density at radius 2 is 1.46 bits per heavy atom. The van der Waals surface area contributed by atoms with Crippen LogP contribution < -0.4 is 0 Å². The molecule has 1 aliphatic rings. The fourth-order valence-corrected chi connectivity index (χ4v) is 3.09. The van der Waals surface area contributed by atoms with Crippen molar-refractivity contribution in [2.45, 2.75) is 0 Å². The summed E-state index contributed by atoms with van der Waals surface area (Å²) in [4.78, 5) is 28.4. The SMILES string of the molecule is O=C(c1ccccc1)N1CCN(C(=O)c2cc(Br)ccc2O)CC1. The summed E-state index contributed by atoms with van der Waals surface area (Å²) in [7, 11) is 0. The predicted octanol–water partition coefficient (Wildman–Crippen LogP) is 2.75. The third-order valence-electron chi connectivity index (χ3n) is 4.06. The molecule has 2 aromatic rings. The maximum absolute atomic E-state index is 12.6. The van der Waals surface area contributed by atoms with Gasteiger partial charge in [-0.3, -0.25) is 9.59 Å². The first-order valence-corrected chi connectivity index (χ1v) is 8.47. The monoisotopic (exact) mass is 388 g/mol. The van der Waals surface area contributed by atoms with Crippen LogP contribution in [0.3, 0.4) is 0 Å². The van der Waals surface area contributed by atoms with Crippen LogP contribution in [0.2, 0.25) is 0 Å². The number of hydrogen-bond donors (Lipinski definition) is 1. The number of hydrogen-bond acceptors (Lipinski definition) is 3. The minimum atomic E-state index is -0.222. The first-order chi connectivity index (χ1) is 11.6. The molecule has 0 radical (unpaired) electrons. The highest BCUT2D eigenvalue weighted by molar-refractivity contribution is 9.10. The third kappa shape index (κ3) is 3.43. The highest BCUT2D eigenvalue weighted by atomic mass is 79.9. The van der Waals surface area contributed by atoms with E-state index in [0.29, 0.717) is 31.7 Å². The molecule has 2 aromatic carbocycles. The Morgan fingerprint density at radius 3 is 2.08 bits per heavy atom. The Kier molecular flexibility index (Phi) is 4.85. The van der Waals surface area contributed by atoms with Gasteiger partial charge >= 0.3 is 0 Å². The Morgan fingerprint density at radius 1 is 0.875 bits per heavy atom. The number of carbonyl (C=O) groups is 2. The minimum absolute atomic E-state index is 0.0204. The van der Waals surface area contributed by atoms with Crippen LogP contribution in [0.5, 0.6) is 5.75 Å². The van der Waals surface area contributed by atoms with E-state index < -0.39 is 0 Å². The van der Waals surface area contributed by atoms with Gasteiger partial charge in [0.25, 0.3) is 11.8 Å². The molecule has 6 heteroatoms. The summed E-state index contributed by atoms with van der Waals surface area (Å²) in [5, 5.41) is 9.89. The van der Waals surface area contributed by atoms with Crippen molar-refractivity contribution >= 4 is 27.7 Å². The first kappa shape index (κ1) is 16.5. The lowest BCUT2D eigenvalue weighted by Crippen LogP contribution is -2.50. The average molecular weight is 389 g/mol. The van der Waals surface area contributed by atoms with Gasteiger partial charge in [-0.1, -0.05) is 34.1 Å². The summed E-state index contributed by atoms with van der Waals surface area (Å²) in [5.41, 5.74) is 0.925. The molecule has 0 saturated carbocycles. The van der Waals surface area contributed by atoms with Crippen molar-refractivity contribution in [3.63, 3.8) is 0 Å². The van der Waals surface area contributed by atoms with Crippen LogP contribution in [0, 0.1) is 0 Å². The third-order valence-corrected chi connectivity index (χ3v) is 4.56. The largest absolute Gasteiger partial charge is 0.507 e. The van der Waals surface area contributed by atoms with Crippen molar-refractivity contribution in [2.24, 2.45) is 0 Å². The number of nitrogens with zero attached hydrogens (tertiary/aromatic N) is 2. The number of aromatic hydroxyl groups is 1. The topological polar surface area (TPSA) is 60.9 Å². The Hall–Kier alpha value is -2.34. The van der Waals surface area contributed by atoms with Crippen molar-refractivity contribution in [1.29, 1.82) is 0 Å². The molecule has 0 atom stereocenters. The number of amides is 2. The van der Waals surface area contributed by atoms with E-state index >= 15 is 0 Å². The first-order valence-electron chi connectivity index (χ1n) is 7.68. The van der Waals surface area contributed by atoms with Gasteiger partial charge < -0.3 is 14.9 Å². The number of carbonyl (C=O) groups excluding carboxylic acids is 2. The van der Waals surface area contributed by atoms with Crippen LogP contribution in [0.4, 0.5) is 0 Å².